The Morgan fingerprint density at radius 2 is 1.87 bits per heavy atom. The summed E-state index contributed by atoms with van der Waals surface area (Å²) in [5.74, 6) is 0.683. The molecule has 2 aromatic carbocycles. The summed E-state index contributed by atoms with van der Waals surface area (Å²) in [6.07, 6.45) is -2.50. The van der Waals surface area contributed by atoms with E-state index in [1.807, 2.05) is 39.0 Å². The van der Waals surface area contributed by atoms with Gasteiger partial charge in [-0.1, -0.05) is 18.2 Å². The van der Waals surface area contributed by atoms with Gasteiger partial charge >= 0.3 is 0 Å². The van der Waals surface area contributed by atoms with Crippen molar-refractivity contribution in [3.05, 3.63) is 47.5 Å². The Hall–Kier alpha value is -2.43. The number of aryl methyl sites for hydroxylation is 1. The standard InChI is InChI=1S/C18H19F2N3/c1-10(2)23-16-7-11(3)14(21)9-15(16)22-18(23)13-6-4-5-12(8-13)17(19)20/h4-10,17H,21H2,1-3H3. The maximum Gasteiger partial charge on any atom is 0.263 e. The molecule has 0 saturated carbocycles. The highest BCUT2D eigenvalue weighted by atomic mass is 19.3. The van der Waals surface area contributed by atoms with Gasteiger partial charge in [-0.05, 0) is 44.5 Å². The third-order valence-corrected chi connectivity index (χ3v) is 3.99. The van der Waals surface area contributed by atoms with Crippen LogP contribution in [-0.2, 0) is 0 Å². The van der Waals surface area contributed by atoms with Crippen LogP contribution in [0.3, 0.4) is 0 Å². The molecule has 3 nitrogen and oxygen atoms in total. The van der Waals surface area contributed by atoms with Gasteiger partial charge in [0.2, 0.25) is 0 Å². The van der Waals surface area contributed by atoms with Gasteiger partial charge in [0.05, 0.1) is 11.0 Å². The minimum Gasteiger partial charge on any atom is -0.398 e. The summed E-state index contributed by atoms with van der Waals surface area (Å²) in [5, 5.41) is 0. The van der Waals surface area contributed by atoms with E-state index in [9.17, 15) is 8.78 Å². The number of alkyl halides is 2. The van der Waals surface area contributed by atoms with Crippen LogP contribution in [0.15, 0.2) is 36.4 Å². The fourth-order valence-electron chi connectivity index (χ4n) is 2.80. The van der Waals surface area contributed by atoms with Gasteiger partial charge in [0.15, 0.2) is 0 Å². The van der Waals surface area contributed by atoms with Gasteiger partial charge < -0.3 is 10.3 Å². The maximum atomic E-state index is 13.0. The summed E-state index contributed by atoms with van der Waals surface area (Å²) in [6.45, 7) is 6.05. The molecule has 0 spiro atoms. The lowest BCUT2D eigenvalue weighted by Crippen LogP contribution is -2.03. The fraction of sp³-hybridized carbons (Fsp3) is 0.278. The summed E-state index contributed by atoms with van der Waals surface area (Å²) < 4.78 is 28.0. The molecule has 0 aliphatic heterocycles. The van der Waals surface area contributed by atoms with E-state index < -0.39 is 6.43 Å². The predicted octanol–water partition coefficient (Wildman–Crippen LogP) is 5.11. The number of halogens is 2. The van der Waals surface area contributed by atoms with Crippen LogP contribution >= 0.6 is 0 Å². The van der Waals surface area contributed by atoms with Crippen molar-refractivity contribution in [1.82, 2.24) is 9.55 Å². The SMILES string of the molecule is Cc1cc2c(cc1N)nc(-c1cccc(C(F)F)c1)n2C(C)C. The Labute approximate surface area is 133 Å². The van der Waals surface area contributed by atoms with E-state index in [1.54, 1.807) is 6.07 Å². The van der Waals surface area contributed by atoms with Crippen LogP contribution in [0.1, 0.15) is 37.4 Å². The third-order valence-electron chi connectivity index (χ3n) is 3.99. The second kappa shape index (κ2) is 5.65. The van der Waals surface area contributed by atoms with Crippen molar-refractivity contribution in [3.8, 4) is 11.4 Å². The number of nitrogen functional groups attached to an aromatic ring is 1. The molecule has 2 N–H and O–H groups in total. The first-order valence-corrected chi connectivity index (χ1v) is 7.55. The average Bonchev–Trinajstić information content (AvgIpc) is 2.86. The van der Waals surface area contributed by atoms with Crippen LogP contribution in [-0.4, -0.2) is 9.55 Å². The molecule has 3 rings (SSSR count). The Morgan fingerprint density at radius 3 is 2.52 bits per heavy atom. The number of benzene rings is 2. The van der Waals surface area contributed by atoms with Gasteiger partial charge in [-0.2, -0.15) is 0 Å². The highest BCUT2D eigenvalue weighted by Crippen LogP contribution is 2.32. The molecule has 3 aromatic rings. The van der Waals surface area contributed by atoms with Gasteiger partial charge in [-0.15, -0.1) is 0 Å². The molecule has 1 heterocycles. The first-order chi connectivity index (χ1) is 10.9. The molecule has 120 valence electrons. The molecule has 0 saturated heterocycles. The summed E-state index contributed by atoms with van der Waals surface area (Å²) in [4.78, 5) is 4.64. The van der Waals surface area contributed by atoms with Crippen molar-refractivity contribution in [3.63, 3.8) is 0 Å². The Bertz CT molecular complexity index is 866. The van der Waals surface area contributed by atoms with Gasteiger partial charge in [-0.3, -0.25) is 0 Å². The van der Waals surface area contributed by atoms with Gasteiger partial charge in [0.25, 0.3) is 6.43 Å². The number of fused-ring (bicyclic) bond motifs is 1. The monoisotopic (exact) mass is 315 g/mol. The molecule has 1 aromatic heterocycles. The lowest BCUT2D eigenvalue weighted by molar-refractivity contribution is 0.151. The number of nitrogens with zero attached hydrogens (tertiary/aromatic N) is 2. The van der Waals surface area contributed by atoms with E-state index in [2.05, 4.69) is 9.55 Å². The summed E-state index contributed by atoms with van der Waals surface area (Å²) in [5.41, 5.74) is 10.1. The van der Waals surface area contributed by atoms with E-state index in [1.165, 1.54) is 12.1 Å². The zero-order valence-corrected chi connectivity index (χ0v) is 13.3. The van der Waals surface area contributed by atoms with E-state index in [4.69, 9.17) is 5.73 Å². The molecule has 0 unspecified atom stereocenters. The van der Waals surface area contributed by atoms with Crippen molar-refractivity contribution in [1.29, 1.82) is 0 Å². The van der Waals surface area contributed by atoms with Crippen molar-refractivity contribution in [2.45, 2.75) is 33.2 Å². The summed E-state index contributed by atoms with van der Waals surface area (Å²) >= 11 is 0. The van der Waals surface area contributed by atoms with Crippen LogP contribution in [0.2, 0.25) is 0 Å². The Kier molecular flexibility index (Phi) is 3.80. The van der Waals surface area contributed by atoms with E-state index in [-0.39, 0.29) is 11.6 Å². The van der Waals surface area contributed by atoms with Crippen LogP contribution in [0, 0.1) is 6.92 Å². The van der Waals surface area contributed by atoms with Crippen LogP contribution in [0.4, 0.5) is 14.5 Å². The van der Waals surface area contributed by atoms with E-state index in [0.717, 1.165) is 16.6 Å². The van der Waals surface area contributed by atoms with Gasteiger partial charge in [0, 0.05) is 22.9 Å². The van der Waals surface area contributed by atoms with Crippen LogP contribution < -0.4 is 5.73 Å². The maximum absolute atomic E-state index is 13.0. The van der Waals surface area contributed by atoms with Gasteiger partial charge in [-0.25, -0.2) is 13.8 Å². The Morgan fingerprint density at radius 1 is 1.13 bits per heavy atom. The largest absolute Gasteiger partial charge is 0.398 e. The number of rotatable bonds is 3. The number of aromatic nitrogens is 2. The van der Waals surface area contributed by atoms with E-state index in [0.29, 0.717) is 17.1 Å². The first kappa shape index (κ1) is 15.5. The van der Waals surface area contributed by atoms with Crippen molar-refractivity contribution in [2.75, 3.05) is 5.73 Å². The molecule has 0 aliphatic rings. The number of anilines is 1. The number of hydrogen-bond acceptors (Lipinski definition) is 2. The predicted molar refractivity (Wildman–Crippen MR) is 89.7 cm³/mol. The number of imidazole rings is 1. The van der Waals surface area contributed by atoms with Crippen molar-refractivity contribution >= 4 is 16.7 Å². The molecule has 5 heteroatoms. The highest BCUT2D eigenvalue weighted by Gasteiger charge is 2.17. The minimum atomic E-state index is -2.50. The molecule has 0 fully saturated rings. The lowest BCUT2D eigenvalue weighted by atomic mass is 10.1. The molecule has 0 radical (unpaired) electrons. The quantitative estimate of drug-likeness (QED) is 0.682. The number of nitrogens with two attached hydrogens (primary N) is 1. The normalized spacial score (nSPS) is 11.8. The fourth-order valence-corrected chi connectivity index (χ4v) is 2.80. The first-order valence-electron chi connectivity index (χ1n) is 7.55. The van der Waals surface area contributed by atoms with Crippen molar-refractivity contribution < 1.29 is 8.78 Å². The zero-order chi connectivity index (χ0) is 16.7. The number of hydrogen-bond donors (Lipinski definition) is 1. The molecule has 23 heavy (non-hydrogen) atoms. The topological polar surface area (TPSA) is 43.8 Å². The minimum absolute atomic E-state index is 0.000515. The molecule has 0 atom stereocenters. The summed E-state index contributed by atoms with van der Waals surface area (Å²) in [6, 6.07) is 10.4. The van der Waals surface area contributed by atoms with E-state index >= 15 is 0 Å². The third kappa shape index (κ3) is 2.67. The molecule has 0 aliphatic carbocycles. The van der Waals surface area contributed by atoms with Crippen LogP contribution in [0.5, 0.6) is 0 Å². The summed E-state index contributed by atoms with van der Waals surface area (Å²) in [7, 11) is 0. The Balaban J connectivity index is 2.28. The second-order valence-electron chi connectivity index (χ2n) is 6.02. The average molecular weight is 315 g/mol. The molecular weight excluding hydrogens is 296 g/mol. The van der Waals surface area contributed by atoms with Gasteiger partial charge in [0.1, 0.15) is 5.82 Å². The molecule has 0 bridgehead atoms. The zero-order valence-electron chi connectivity index (χ0n) is 13.3. The van der Waals surface area contributed by atoms with Crippen LogP contribution in [0.25, 0.3) is 22.4 Å². The second-order valence-corrected chi connectivity index (χ2v) is 6.02. The van der Waals surface area contributed by atoms with Crippen molar-refractivity contribution in [2.24, 2.45) is 0 Å². The molecular formula is C18H19F2N3. The lowest BCUT2D eigenvalue weighted by Gasteiger charge is -2.14. The molecule has 0 amide bonds. The smallest absolute Gasteiger partial charge is 0.263 e. The highest BCUT2D eigenvalue weighted by molar-refractivity contribution is 5.85.